The summed E-state index contributed by atoms with van der Waals surface area (Å²) >= 11 is 0. The minimum absolute atomic E-state index is 0.615. The van der Waals surface area contributed by atoms with Gasteiger partial charge in [-0.2, -0.15) is 0 Å². The molecule has 0 aromatic carbocycles. The average molecular weight is 156 g/mol. The van der Waals surface area contributed by atoms with E-state index in [0.717, 1.165) is 6.42 Å². The Bertz CT molecular complexity index is 136. The molecule has 0 aromatic heterocycles. The van der Waals surface area contributed by atoms with Crippen LogP contribution in [0.15, 0.2) is 0 Å². The first kappa shape index (κ1) is 9.74. The van der Waals surface area contributed by atoms with Crippen molar-refractivity contribution in [2.45, 2.75) is 33.0 Å². The van der Waals surface area contributed by atoms with Gasteiger partial charge in [0.2, 0.25) is 0 Å². The standard InChI is InChI=1S/C8H16OSi/c1-5-6-7-8-9-10(2,3)4/h5,8H2,1-4H3. The van der Waals surface area contributed by atoms with Crippen molar-refractivity contribution in [3.8, 4) is 11.8 Å². The molecule has 0 bridgehead atoms. The highest BCUT2D eigenvalue weighted by Gasteiger charge is 2.12. The molecule has 0 radical (unpaired) electrons. The first-order valence-electron chi connectivity index (χ1n) is 3.66. The summed E-state index contributed by atoms with van der Waals surface area (Å²) in [6.45, 7) is 9.16. The number of hydrogen-bond acceptors (Lipinski definition) is 1. The van der Waals surface area contributed by atoms with Crippen LogP contribution in [-0.2, 0) is 4.43 Å². The van der Waals surface area contributed by atoms with Gasteiger partial charge in [-0.05, 0) is 19.6 Å². The monoisotopic (exact) mass is 156 g/mol. The van der Waals surface area contributed by atoms with Crippen molar-refractivity contribution >= 4 is 8.32 Å². The third kappa shape index (κ3) is 7.74. The maximum absolute atomic E-state index is 5.50. The molecule has 0 unspecified atom stereocenters. The zero-order valence-corrected chi connectivity index (χ0v) is 8.32. The van der Waals surface area contributed by atoms with Crippen molar-refractivity contribution in [1.82, 2.24) is 0 Å². The summed E-state index contributed by atoms with van der Waals surface area (Å²) in [6, 6.07) is 0. The van der Waals surface area contributed by atoms with Crippen molar-refractivity contribution in [3.05, 3.63) is 0 Å². The lowest BCUT2D eigenvalue weighted by molar-refractivity contribution is 0.365. The van der Waals surface area contributed by atoms with Crippen LogP contribution in [-0.4, -0.2) is 14.9 Å². The quantitative estimate of drug-likeness (QED) is 0.440. The van der Waals surface area contributed by atoms with Crippen LogP contribution in [0.3, 0.4) is 0 Å². The van der Waals surface area contributed by atoms with E-state index >= 15 is 0 Å². The van der Waals surface area contributed by atoms with E-state index in [1.165, 1.54) is 0 Å². The molecule has 0 amide bonds. The second-order valence-electron chi connectivity index (χ2n) is 3.11. The molecular formula is C8H16OSi. The highest BCUT2D eigenvalue weighted by Crippen LogP contribution is 2.00. The summed E-state index contributed by atoms with van der Waals surface area (Å²) in [7, 11) is -1.31. The second kappa shape index (κ2) is 4.54. The summed E-state index contributed by atoms with van der Waals surface area (Å²) in [5.41, 5.74) is 0. The first-order chi connectivity index (χ1) is 4.56. The van der Waals surface area contributed by atoms with Crippen LogP contribution in [0.1, 0.15) is 13.3 Å². The Balaban J connectivity index is 3.37. The molecule has 0 saturated heterocycles. The fourth-order valence-electron chi connectivity index (χ4n) is 0.429. The molecule has 0 fully saturated rings. The van der Waals surface area contributed by atoms with Crippen LogP contribution in [0.25, 0.3) is 0 Å². The lowest BCUT2D eigenvalue weighted by atomic mass is 10.5. The topological polar surface area (TPSA) is 9.23 Å². The van der Waals surface area contributed by atoms with Crippen LogP contribution < -0.4 is 0 Å². The van der Waals surface area contributed by atoms with Crippen molar-refractivity contribution in [2.24, 2.45) is 0 Å². The Morgan fingerprint density at radius 3 is 2.20 bits per heavy atom. The van der Waals surface area contributed by atoms with Crippen LogP contribution in [0.2, 0.25) is 19.6 Å². The molecule has 0 atom stereocenters. The minimum Gasteiger partial charge on any atom is -0.407 e. The normalized spacial score (nSPS) is 10.4. The molecule has 0 heterocycles. The molecule has 1 nitrogen and oxygen atoms in total. The molecule has 0 saturated carbocycles. The van der Waals surface area contributed by atoms with Gasteiger partial charge in [0.15, 0.2) is 8.32 Å². The average Bonchev–Trinajstić information content (AvgIpc) is 1.78. The predicted molar refractivity (Wildman–Crippen MR) is 47.4 cm³/mol. The molecule has 0 spiro atoms. The van der Waals surface area contributed by atoms with E-state index < -0.39 is 8.32 Å². The van der Waals surface area contributed by atoms with Gasteiger partial charge in [0, 0.05) is 6.42 Å². The SMILES string of the molecule is CCC#CCO[Si](C)(C)C. The number of hydrogen-bond donors (Lipinski definition) is 0. The molecule has 58 valence electrons. The Hall–Kier alpha value is -0.263. The van der Waals surface area contributed by atoms with E-state index in [1.807, 2.05) is 6.92 Å². The van der Waals surface area contributed by atoms with Crippen molar-refractivity contribution < 1.29 is 4.43 Å². The Morgan fingerprint density at radius 2 is 1.80 bits per heavy atom. The molecule has 0 aromatic rings. The van der Waals surface area contributed by atoms with Gasteiger partial charge in [-0.15, -0.1) is 5.92 Å². The van der Waals surface area contributed by atoms with Gasteiger partial charge in [0.25, 0.3) is 0 Å². The van der Waals surface area contributed by atoms with Gasteiger partial charge in [-0.25, -0.2) is 0 Å². The maximum atomic E-state index is 5.50. The molecular weight excluding hydrogens is 140 g/mol. The Morgan fingerprint density at radius 1 is 1.20 bits per heavy atom. The van der Waals surface area contributed by atoms with Gasteiger partial charge >= 0.3 is 0 Å². The third-order valence-electron chi connectivity index (χ3n) is 0.879. The fraction of sp³-hybridized carbons (Fsp3) is 0.750. The molecule has 0 aliphatic heterocycles. The van der Waals surface area contributed by atoms with E-state index in [0.29, 0.717) is 6.61 Å². The largest absolute Gasteiger partial charge is 0.407 e. The summed E-state index contributed by atoms with van der Waals surface area (Å²) in [5, 5.41) is 0. The van der Waals surface area contributed by atoms with Gasteiger partial charge in [-0.3, -0.25) is 0 Å². The third-order valence-corrected chi connectivity index (χ3v) is 1.89. The van der Waals surface area contributed by atoms with Crippen LogP contribution >= 0.6 is 0 Å². The first-order valence-corrected chi connectivity index (χ1v) is 7.07. The maximum Gasteiger partial charge on any atom is 0.185 e. The molecule has 0 aliphatic carbocycles. The molecule has 2 heteroatoms. The highest BCUT2D eigenvalue weighted by atomic mass is 28.4. The van der Waals surface area contributed by atoms with Gasteiger partial charge in [0.05, 0.1) is 6.61 Å². The Labute approximate surface area is 64.9 Å². The van der Waals surface area contributed by atoms with Crippen molar-refractivity contribution in [1.29, 1.82) is 0 Å². The van der Waals surface area contributed by atoms with Gasteiger partial charge in [-0.1, -0.05) is 12.8 Å². The lowest BCUT2D eigenvalue weighted by Crippen LogP contribution is -2.25. The number of rotatable bonds is 2. The molecule has 10 heavy (non-hydrogen) atoms. The summed E-state index contributed by atoms with van der Waals surface area (Å²) in [6.07, 6.45) is 0.926. The highest BCUT2D eigenvalue weighted by molar-refractivity contribution is 6.69. The van der Waals surface area contributed by atoms with E-state index in [-0.39, 0.29) is 0 Å². The Kier molecular flexibility index (Phi) is 4.42. The molecule has 0 aliphatic rings. The van der Waals surface area contributed by atoms with E-state index in [2.05, 4.69) is 31.5 Å². The van der Waals surface area contributed by atoms with E-state index in [1.54, 1.807) is 0 Å². The fourth-order valence-corrected chi connectivity index (χ4v) is 0.934. The van der Waals surface area contributed by atoms with Crippen molar-refractivity contribution in [2.75, 3.05) is 6.61 Å². The molecule has 0 rings (SSSR count). The summed E-state index contributed by atoms with van der Waals surface area (Å²) < 4.78 is 5.50. The predicted octanol–water partition coefficient (Wildman–Crippen LogP) is 2.25. The van der Waals surface area contributed by atoms with Gasteiger partial charge < -0.3 is 4.43 Å². The smallest absolute Gasteiger partial charge is 0.185 e. The lowest BCUT2D eigenvalue weighted by Gasteiger charge is -2.13. The molecule has 0 N–H and O–H groups in total. The summed E-state index contributed by atoms with van der Waals surface area (Å²) in [4.78, 5) is 0. The van der Waals surface area contributed by atoms with Crippen LogP contribution in [0.5, 0.6) is 0 Å². The zero-order valence-electron chi connectivity index (χ0n) is 7.32. The van der Waals surface area contributed by atoms with E-state index in [9.17, 15) is 0 Å². The zero-order chi connectivity index (χ0) is 8.04. The summed E-state index contributed by atoms with van der Waals surface area (Å²) in [5.74, 6) is 5.92. The van der Waals surface area contributed by atoms with Gasteiger partial charge in [0.1, 0.15) is 0 Å². The minimum atomic E-state index is -1.31. The van der Waals surface area contributed by atoms with Crippen molar-refractivity contribution in [3.63, 3.8) is 0 Å². The second-order valence-corrected chi connectivity index (χ2v) is 7.62. The van der Waals surface area contributed by atoms with Crippen LogP contribution in [0, 0.1) is 11.8 Å². The van der Waals surface area contributed by atoms with Crippen LogP contribution in [0.4, 0.5) is 0 Å². The van der Waals surface area contributed by atoms with E-state index in [4.69, 9.17) is 4.43 Å².